The van der Waals surface area contributed by atoms with Crippen molar-refractivity contribution in [2.75, 3.05) is 20.8 Å². The maximum atomic E-state index is 12.3. The van der Waals surface area contributed by atoms with Crippen LogP contribution < -0.4 is 14.2 Å². The van der Waals surface area contributed by atoms with E-state index in [2.05, 4.69) is 11.7 Å². The Labute approximate surface area is 200 Å². The molecule has 0 aliphatic carbocycles. The number of nitriles is 1. The normalized spacial score (nSPS) is 11.1. The van der Waals surface area contributed by atoms with Crippen LogP contribution in [0.4, 0.5) is 0 Å². The van der Waals surface area contributed by atoms with Crippen LogP contribution in [0.15, 0.2) is 54.1 Å². The van der Waals surface area contributed by atoms with Crippen molar-refractivity contribution in [3.05, 3.63) is 65.2 Å². The second-order valence-electron chi connectivity index (χ2n) is 7.31. The molecule has 178 valence electrons. The van der Waals surface area contributed by atoms with Gasteiger partial charge in [0, 0.05) is 6.08 Å². The molecule has 0 unspecified atom stereocenters. The predicted octanol–water partition coefficient (Wildman–Crippen LogP) is 5.35. The van der Waals surface area contributed by atoms with Crippen LogP contribution in [0.2, 0.25) is 0 Å². The highest BCUT2D eigenvalue weighted by Gasteiger charge is 2.09. The topological polar surface area (TPSA) is 94.9 Å². The molecule has 0 spiro atoms. The minimum absolute atomic E-state index is 0.159. The van der Waals surface area contributed by atoms with Crippen molar-refractivity contribution in [1.82, 2.24) is 0 Å². The number of methoxy groups -OCH3 is 2. The number of carbonyl (C=O) groups excluding carboxylic acids is 2. The van der Waals surface area contributed by atoms with Gasteiger partial charge in [-0.05, 0) is 54.0 Å². The zero-order chi connectivity index (χ0) is 24.8. The summed E-state index contributed by atoms with van der Waals surface area (Å²) in [5, 5.41) is 9.08. The summed E-state index contributed by atoms with van der Waals surface area (Å²) in [6.45, 7) is 2.79. The van der Waals surface area contributed by atoms with Crippen LogP contribution in [0.1, 0.15) is 43.7 Å². The third kappa shape index (κ3) is 8.47. The van der Waals surface area contributed by atoms with Gasteiger partial charge in [-0.15, -0.1) is 0 Å². The quantitative estimate of drug-likeness (QED) is 0.138. The molecule has 0 aromatic heterocycles. The third-order valence-corrected chi connectivity index (χ3v) is 4.77. The number of benzene rings is 2. The van der Waals surface area contributed by atoms with Gasteiger partial charge in [0.2, 0.25) is 0 Å². The van der Waals surface area contributed by atoms with Crippen molar-refractivity contribution in [1.29, 1.82) is 5.26 Å². The largest absolute Gasteiger partial charge is 0.493 e. The molecule has 0 saturated carbocycles. The fourth-order valence-electron chi connectivity index (χ4n) is 3.01. The average Bonchev–Trinajstić information content (AvgIpc) is 2.86. The van der Waals surface area contributed by atoms with Crippen molar-refractivity contribution >= 4 is 24.1 Å². The molecular formula is C27H29NO6. The number of nitrogens with zero attached hydrogens (tertiary/aromatic N) is 1. The molecule has 2 aromatic rings. The molecule has 2 rings (SSSR count). The molecule has 7 nitrogen and oxygen atoms in total. The zero-order valence-corrected chi connectivity index (χ0v) is 19.7. The van der Waals surface area contributed by atoms with Crippen molar-refractivity contribution in [3.8, 4) is 23.3 Å². The van der Waals surface area contributed by atoms with Crippen LogP contribution in [-0.2, 0) is 14.3 Å². The Balaban J connectivity index is 2.01. The summed E-state index contributed by atoms with van der Waals surface area (Å²) in [5.41, 5.74) is 1.11. The molecule has 2 aromatic carbocycles. The Bertz CT molecular complexity index is 1080. The fourth-order valence-corrected chi connectivity index (χ4v) is 3.01. The van der Waals surface area contributed by atoms with Crippen LogP contribution in [0, 0.1) is 11.3 Å². The first-order valence-electron chi connectivity index (χ1n) is 11.0. The van der Waals surface area contributed by atoms with Crippen LogP contribution in [0.3, 0.4) is 0 Å². The molecule has 0 bridgehead atoms. The monoisotopic (exact) mass is 463 g/mol. The van der Waals surface area contributed by atoms with Gasteiger partial charge in [-0.1, -0.05) is 44.4 Å². The van der Waals surface area contributed by atoms with E-state index < -0.39 is 11.9 Å². The van der Waals surface area contributed by atoms with Gasteiger partial charge < -0.3 is 18.9 Å². The summed E-state index contributed by atoms with van der Waals surface area (Å²) in [5.74, 6) is 0.202. The van der Waals surface area contributed by atoms with Gasteiger partial charge in [0.15, 0.2) is 11.5 Å². The molecule has 0 heterocycles. The van der Waals surface area contributed by atoms with E-state index in [-0.39, 0.29) is 11.3 Å². The molecule has 7 heteroatoms. The second kappa shape index (κ2) is 14.2. The first-order valence-corrected chi connectivity index (χ1v) is 11.0. The number of hydrogen-bond donors (Lipinski definition) is 0. The molecule has 0 radical (unpaired) electrons. The van der Waals surface area contributed by atoms with Gasteiger partial charge in [0.25, 0.3) is 0 Å². The van der Waals surface area contributed by atoms with Crippen molar-refractivity contribution < 1.29 is 28.5 Å². The van der Waals surface area contributed by atoms with E-state index in [4.69, 9.17) is 19.5 Å². The fraction of sp³-hybridized carbons (Fsp3) is 0.296. The Morgan fingerprint density at radius 2 is 1.82 bits per heavy atom. The maximum absolute atomic E-state index is 12.3. The maximum Gasteiger partial charge on any atom is 0.348 e. The number of ether oxygens (including phenoxy) is 4. The van der Waals surface area contributed by atoms with E-state index in [1.54, 1.807) is 49.6 Å². The lowest BCUT2D eigenvalue weighted by molar-refractivity contribution is -0.135. The molecule has 0 fully saturated rings. The van der Waals surface area contributed by atoms with Crippen molar-refractivity contribution in [2.45, 2.75) is 32.6 Å². The molecule has 0 saturated heterocycles. The number of carbonyl (C=O) groups is 2. The van der Waals surface area contributed by atoms with Gasteiger partial charge in [0.05, 0.1) is 20.8 Å². The Hall–Kier alpha value is -4.05. The summed E-state index contributed by atoms with van der Waals surface area (Å²) in [6, 6.07) is 13.7. The summed E-state index contributed by atoms with van der Waals surface area (Å²) < 4.78 is 21.1. The minimum Gasteiger partial charge on any atom is -0.493 e. The smallest absolute Gasteiger partial charge is 0.348 e. The Kier molecular flexibility index (Phi) is 10.9. The van der Waals surface area contributed by atoms with Crippen LogP contribution in [-0.4, -0.2) is 32.8 Å². The molecule has 0 atom stereocenters. The average molecular weight is 464 g/mol. The zero-order valence-electron chi connectivity index (χ0n) is 19.7. The molecule has 34 heavy (non-hydrogen) atoms. The highest BCUT2D eigenvalue weighted by Crippen LogP contribution is 2.29. The third-order valence-electron chi connectivity index (χ3n) is 4.77. The van der Waals surface area contributed by atoms with E-state index in [9.17, 15) is 9.59 Å². The lowest BCUT2D eigenvalue weighted by atomic mass is 10.1. The van der Waals surface area contributed by atoms with Crippen LogP contribution in [0.5, 0.6) is 17.2 Å². The SMILES string of the molecule is CCCCCCOc1ccc(/C=C/C(=O)Oc2cccc(/C=C(\C#N)C(=O)OC)c2)cc1OC. The minimum atomic E-state index is -0.740. The van der Waals surface area contributed by atoms with Crippen LogP contribution >= 0.6 is 0 Å². The highest BCUT2D eigenvalue weighted by molar-refractivity contribution is 5.97. The van der Waals surface area contributed by atoms with E-state index in [0.717, 1.165) is 18.4 Å². The first-order chi connectivity index (χ1) is 16.5. The van der Waals surface area contributed by atoms with Crippen molar-refractivity contribution in [2.24, 2.45) is 0 Å². The van der Waals surface area contributed by atoms with Gasteiger partial charge in [-0.2, -0.15) is 5.26 Å². The Morgan fingerprint density at radius 3 is 2.53 bits per heavy atom. The summed E-state index contributed by atoms with van der Waals surface area (Å²) in [4.78, 5) is 23.8. The van der Waals surface area contributed by atoms with E-state index in [1.807, 2.05) is 12.1 Å². The summed E-state index contributed by atoms with van der Waals surface area (Å²) >= 11 is 0. The number of esters is 2. The first kappa shape index (κ1) is 26.2. The molecule has 0 aliphatic heterocycles. The number of rotatable bonds is 12. The summed E-state index contributed by atoms with van der Waals surface area (Å²) in [7, 11) is 2.77. The van der Waals surface area contributed by atoms with Gasteiger partial charge in [0.1, 0.15) is 17.4 Å². The molecule has 0 amide bonds. The lowest BCUT2D eigenvalue weighted by Gasteiger charge is -2.11. The van der Waals surface area contributed by atoms with E-state index >= 15 is 0 Å². The summed E-state index contributed by atoms with van der Waals surface area (Å²) in [6.07, 6.45) is 8.76. The number of hydrogen-bond acceptors (Lipinski definition) is 7. The number of unbranched alkanes of at least 4 members (excludes halogenated alkanes) is 3. The van der Waals surface area contributed by atoms with Crippen molar-refractivity contribution in [3.63, 3.8) is 0 Å². The van der Waals surface area contributed by atoms with E-state index in [1.165, 1.54) is 32.1 Å². The molecule has 0 aliphatic rings. The van der Waals surface area contributed by atoms with Gasteiger partial charge >= 0.3 is 11.9 Å². The lowest BCUT2D eigenvalue weighted by Crippen LogP contribution is -2.04. The standard InChI is InChI=1S/C27H29NO6/c1-4-5-6-7-15-33-24-13-11-20(18-25(24)31-2)12-14-26(29)34-23-10-8-9-21(17-23)16-22(19-28)27(30)32-3/h8-14,16-18H,4-7,15H2,1-3H3/b14-12+,22-16+. The van der Waals surface area contributed by atoms with E-state index in [0.29, 0.717) is 23.7 Å². The molecular weight excluding hydrogens is 434 g/mol. The molecule has 0 N–H and O–H groups in total. The van der Waals surface area contributed by atoms with Gasteiger partial charge in [-0.25, -0.2) is 9.59 Å². The second-order valence-corrected chi connectivity index (χ2v) is 7.31. The predicted molar refractivity (Wildman–Crippen MR) is 129 cm³/mol. The van der Waals surface area contributed by atoms with Gasteiger partial charge in [-0.3, -0.25) is 0 Å². The van der Waals surface area contributed by atoms with Crippen LogP contribution in [0.25, 0.3) is 12.2 Å². The Morgan fingerprint density at radius 1 is 1.00 bits per heavy atom. The highest BCUT2D eigenvalue weighted by atomic mass is 16.5.